The molecule has 0 radical (unpaired) electrons. The van der Waals surface area contributed by atoms with Crippen molar-refractivity contribution in [3.8, 4) is 0 Å². The molecule has 1 unspecified atom stereocenters. The van der Waals surface area contributed by atoms with Crippen molar-refractivity contribution in [3.05, 3.63) is 21.4 Å². The van der Waals surface area contributed by atoms with Crippen LogP contribution in [-0.2, 0) is 12.8 Å². The van der Waals surface area contributed by atoms with Crippen molar-refractivity contribution in [1.29, 1.82) is 0 Å². The number of thiophene rings is 1. The van der Waals surface area contributed by atoms with Gasteiger partial charge in [-0.05, 0) is 30.7 Å². The number of carbonyl (C=O) groups is 1. The first-order valence-electron chi connectivity index (χ1n) is 8.04. The number of nitrogens with one attached hydrogen (secondary N) is 2. The van der Waals surface area contributed by atoms with Gasteiger partial charge in [0.15, 0.2) is 0 Å². The number of piperazine rings is 1. The molecule has 1 saturated heterocycles. The van der Waals surface area contributed by atoms with E-state index in [-0.39, 0.29) is 5.91 Å². The van der Waals surface area contributed by atoms with Crippen LogP contribution in [0, 0.1) is 5.92 Å². The van der Waals surface area contributed by atoms with Crippen LogP contribution in [0.25, 0.3) is 0 Å². The Bertz CT molecular complexity index is 494. The summed E-state index contributed by atoms with van der Waals surface area (Å²) >= 11 is 1.77. The summed E-state index contributed by atoms with van der Waals surface area (Å²) in [5.41, 5.74) is 2.25. The molecular formula is C16H25N3OS. The number of hydrogen-bond donors (Lipinski definition) is 2. The van der Waals surface area contributed by atoms with E-state index in [1.165, 1.54) is 16.9 Å². The summed E-state index contributed by atoms with van der Waals surface area (Å²) in [6.45, 7) is 8.30. The smallest absolute Gasteiger partial charge is 0.252 e. The number of amides is 1. The summed E-state index contributed by atoms with van der Waals surface area (Å²) in [6, 6.07) is 0. The predicted octanol–water partition coefficient (Wildman–Crippen LogP) is 1.51. The van der Waals surface area contributed by atoms with Crippen molar-refractivity contribution < 1.29 is 4.79 Å². The van der Waals surface area contributed by atoms with Gasteiger partial charge in [0.25, 0.3) is 5.91 Å². The van der Waals surface area contributed by atoms with Gasteiger partial charge >= 0.3 is 0 Å². The van der Waals surface area contributed by atoms with Crippen molar-refractivity contribution >= 4 is 17.2 Å². The highest BCUT2D eigenvalue weighted by Crippen LogP contribution is 2.32. The van der Waals surface area contributed by atoms with E-state index in [9.17, 15) is 4.79 Å². The zero-order valence-corrected chi connectivity index (χ0v) is 13.6. The molecule has 2 N–H and O–H groups in total. The van der Waals surface area contributed by atoms with Crippen LogP contribution >= 0.6 is 11.3 Å². The van der Waals surface area contributed by atoms with E-state index in [0.29, 0.717) is 0 Å². The van der Waals surface area contributed by atoms with E-state index in [0.717, 1.165) is 63.6 Å². The molecule has 2 aliphatic rings. The highest BCUT2D eigenvalue weighted by molar-refractivity contribution is 7.10. The molecule has 0 aromatic carbocycles. The first kappa shape index (κ1) is 15.0. The number of nitrogens with zero attached hydrogens (tertiary/aromatic N) is 1. The van der Waals surface area contributed by atoms with Crippen LogP contribution in [0.3, 0.4) is 0 Å². The average Bonchev–Trinajstić information content (AvgIpc) is 2.91. The van der Waals surface area contributed by atoms with Gasteiger partial charge < -0.3 is 10.6 Å². The van der Waals surface area contributed by atoms with Gasteiger partial charge in [-0.3, -0.25) is 9.69 Å². The third-order valence-electron chi connectivity index (χ3n) is 4.57. The van der Waals surface area contributed by atoms with Gasteiger partial charge in [0.2, 0.25) is 0 Å². The van der Waals surface area contributed by atoms with Crippen LogP contribution in [0.4, 0.5) is 0 Å². The molecule has 2 heterocycles. The van der Waals surface area contributed by atoms with E-state index in [2.05, 4.69) is 27.8 Å². The van der Waals surface area contributed by atoms with E-state index in [1.54, 1.807) is 11.3 Å². The summed E-state index contributed by atoms with van der Waals surface area (Å²) in [5.74, 6) is 0.886. The minimum Gasteiger partial charge on any atom is -0.351 e. The van der Waals surface area contributed by atoms with Crippen LogP contribution in [-0.4, -0.2) is 50.1 Å². The van der Waals surface area contributed by atoms with Gasteiger partial charge in [-0.25, -0.2) is 0 Å². The predicted molar refractivity (Wildman–Crippen MR) is 87.2 cm³/mol. The van der Waals surface area contributed by atoms with Gasteiger partial charge in [0.05, 0.1) is 5.56 Å². The normalized spacial score (nSPS) is 22.8. The Morgan fingerprint density at radius 3 is 3.10 bits per heavy atom. The van der Waals surface area contributed by atoms with Crippen molar-refractivity contribution in [2.24, 2.45) is 5.92 Å². The molecule has 1 aliphatic heterocycles. The average molecular weight is 307 g/mol. The fourth-order valence-corrected chi connectivity index (χ4v) is 4.47. The monoisotopic (exact) mass is 307 g/mol. The van der Waals surface area contributed by atoms with E-state index in [1.807, 2.05) is 0 Å². The van der Waals surface area contributed by atoms with Crippen molar-refractivity contribution in [2.75, 3.05) is 39.3 Å². The molecule has 1 aromatic heterocycles. The summed E-state index contributed by atoms with van der Waals surface area (Å²) in [4.78, 5) is 16.2. The molecule has 0 bridgehead atoms. The Balaban J connectivity index is 1.51. The maximum absolute atomic E-state index is 12.4. The number of carbonyl (C=O) groups excluding carboxylic acids is 1. The van der Waals surface area contributed by atoms with Crippen LogP contribution in [0.2, 0.25) is 0 Å². The second kappa shape index (κ2) is 6.90. The molecule has 1 atom stereocenters. The first-order chi connectivity index (χ1) is 10.2. The fraction of sp³-hybridized carbons (Fsp3) is 0.688. The summed E-state index contributed by atoms with van der Waals surface area (Å²) < 4.78 is 0. The number of hydrogen-bond acceptors (Lipinski definition) is 4. The van der Waals surface area contributed by atoms with Crippen LogP contribution in [0.1, 0.15) is 34.1 Å². The first-order valence-corrected chi connectivity index (χ1v) is 8.92. The van der Waals surface area contributed by atoms with Crippen molar-refractivity contribution in [3.63, 3.8) is 0 Å². The highest BCUT2D eigenvalue weighted by atomic mass is 32.1. The largest absolute Gasteiger partial charge is 0.351 e. The summed E-state index contributed by atoms with van der Waals surface area (Å²) in [5, 5.41) is 8.50. The Hall–Kier alpha value is -0.910. The SMILES string of the molecule is CC1CCc2c(C(=O)NCCN3CCNCC3)csc2C1. The Kier molecular flexibility index (Phi) is 4.93. The second-order valence-electron chi connectivity index (χ2n) is 6.25. The molecule has 1 aromatic rings. The molecule has 3 rings (SSSR count). The minimum atomic E-state index is 0.122. The molecule has 1 amide bonds. The van der Waals surface area contributed by atoms with Gasteiger partial charge in [-0.1, -0.05) is 6.92 Å². The van der Waals surface area contributed by atoms with E-state index >= 15 is 0 Å². The van der Waals surface area contributed by atoms with Crippen molar-refractivity contribution in [2.45, 2.75) is 26.2 Å². The third-order valence-corrected chi connectivity index (χ3v) is 5.62. The van der Waals surface area contributed by atoms with Gasteiger partial charge in [-0.15, -0.1) is 11.3 Å². The van der Waals surface area contributed by atoms with Gasteiger partial charge in [0.1, 0.15) is 0 Å². The summed E-state index contributed by atoms with van der Waals surface area (Å²) in [6.07, 6.45) is 3.43. The van der Waals surface area contributed by atoms with Crippen LogP contribution < -0.4 is 10.6 Å². The Labute approximate surface area is 130 Å². The maximum Gasteiger partial charge on any atom is 0.252 e. The molecule has 1 fully saturated rings. The standard InChI is InChI=1S/C16H25N3OS/c1-12-2-3-13-14(11-21-15(13)10-12)16(20)18-6-9-19-7-4-17-5-8-19/h11-12,17H,2-10H2,1H3,(H,18,20). The van der Waals surface area contributed by atoms with Crippen LogP contribution in [0.15, 0.2) is 5.38 Å². The van der Waals surface area contributed by atoms with Crippen LogP contribution in [0.5, 0.6) is 0 Å². The topological polar surface area (TPSA) is 44.4 Å². The molecule has 5 heteroatoms. The molecular weight excluding hydrogens is 282 g/mol. The van der Waals surface area contributed by atoms with E-state index < -0.39 is 0 Å². The Morgan fingerprint density at radius 2 is 2.29 bits per heavy atom. The second-order valence-corrected chi connectivity index (χ2v) is 7.21. The molecule has 0 spiro atoms. The minimum absolute atomic E-state index is 0.122. The lowest BCUT2D eigenvalue weighted by Crippen LogP contribution is -2.46. The van der Waals surface area contributed by atoms with Crippen molar-refractivity contribution in [1.82, 2.24) is 15.5 Å². The third kappa shape index (κ3) is 3.65. The van der Waals surface area contributed by atoms with E-state index in [4.69, 9.17) is 0 Å². The van der Waals surface area contributed by atoms with Gasteiger partial charge in [-0.2, -0.15) is 0 Å². The summed E-state index contributed by atoms with van der Waals surface area (Å²) in [7, 11) is 0. The lowest BCUT2D eigenvalue weighted by Gasteiger charge is -2.27. The van der Waals surface area contributed by atoms with Gasteiger partial charge in [0, 0.05) is 49.5 Å². The zero-order chi connectivity index (χ0) is 14.7. The molecule has 4 nitrogen and oxygen atoms in total. The molecule has 0 saturated carbocycles. The Morgan fingerprint density at radius 1 is 1.48 bits per heavy atom. The maximum atomic E-state index is 12.4. The molecule has 116 valence electrons. The fourth-order valence-electron chi connectivity index (χ4n) is 3.23. The quantitative estimate of drug-likeness (QED) is 0.886. The molecule has 1 aliphatic carbocycles. The lowest BCUT2D eigenvalue weighted by molar-refractivity contribution is 0.0946. The zero-order valence-electron chi connectivity index (χ0n) is 12.8. The number of fused-ring (bicyclic) bond motifs is 1. The lowest BCUT2D eigenvalue weighted by atomic mass is 9.88. The number of rotatable bonds is 4. The highest BCUT2D eigenvalue weighted by Gasteiger charge is 2.23. The molecule has 21 heavy (non-hydrogen) atoms.